The van der Waals surface area contributed by atoms with Gasteiger partial charge in [-0.15, -0.1) is 0 Å². The topological polar surface area (TPSA) is 53.5 Å². The van der Waals surface area contributed by atoms with Gasteiger partial charge in [-0.1, -0.05) is 19.3 Å². The van der Waals surface area contributed by atoms with Crippen LogP contribution in [0, 0.1) is 5.92 Å². The summed E-state index contributed by atoms with van der Waals surface area (Å²) < 4.78 is 5.09. The summed E-state index contributed by atoms with van der Waals surface area (Å²) in [6, 6.07) is 1.24. The Balaban J connectivity index is 1.83. The first kappa shape index (κ1) is 17.2. The molecule has 0 spiro atoms. The molecule has 0 bridgehead atoms. The first-order chi connectivity index (χ1) is 10.1. The van der Waals surface area contributed by atoms with Gasteiger partial charge in [0.25, 0.3) is 0 Å². The van der Waals surface area contributed by atoms with E-state index in [0.29, 0.717) is 31.7 Å². The Bertz CT molecular complexity index is 291. The molecule has 4 nitrogen and oxygen atoms in total. The third-order valence-electron chi connectivity index (χ3n) is 5.27. The Hall–Kier alpha value is -0.160. The second-order valence-corrected chi connectivity index (χ2v) is 7.23. The first-order valence-corrected chi connectivity index (χ1v) is 8.80. The molecule has 0 radical (unpaired) electrons. The maximum absolute atomic E-state index is 10.4. The molecule has 2 aliphatic rings. The Labute approximate surface area is 130 Å². The standard InChI is InChI=1S/C17H34N2O2/c1-17(20,10-12-21-2)13-19-16-8-4-3-7-14(16)15-9-5-6-11-18-15/h14-16,18-20H,3-13H2,1-2H3. The van der Waals surface area contributed by atoms with Gasteiger partial charge in [-0.05, 0) is 45.1 Å². The molecule has 4 unspecified atom stereocenters. The fourth-order valence-electron chi connectivity index (χ4n) is 3.90. The van der Waals surface area contributed by atoms with E-state index in [9.17, 15) is 5.11 Å². The summed E-state index contributed by atoms with van der Waals surface area (Å²) in [6.07, 6.45) is 9.97. The number of methoxy groups -OCH3 is 1. The second kappa shape index (κ2) is 8.47. The zero-order valence-electron chi connectivity index (χ0n) is 13.9. The summed E-state index contributed by atoms with van der Waals surface area (Å²) in [4.78, 5) is 0. The van der Waals surface area contributed by atoms with E-state index >= 15 is 0 Å². The van der Waals surface area contributed by atoms with Crippen LogP contribution in [0.4, 0.5) is 0 Å². The molecule has 1 saturated heterocycles. The highest BCUT2D eigenvalue weighted by Crippen LogP contribution is 2.30. The monoisotopic (exact) mass is 298 g/mol. The largest absolute Gasteiger partial charge is 0.389 e. The summed E-state index contributed by atoms with van der Waals surface area (Å²) >= 11 is 0. The predicted octanol–water partition coefficient (Wildman–Crippen LogP) is 2.06. The van der Waals surface area contributed by atoms with Crippen LogP contribution in [0.5, 0.6) is 0 Å². The fourth-order valence-corrected chi connectivity index (χ4v) is 3.90. The van der Waals surface area contributed by atoms with Gasteiger partial charge in [-0.3, -0.25) is 0 Å². The summed E-state index contributed by atoms with van der Waals surface area (Å²) in [5, 5.41) is 17.8. The lowest BCUT2D eigenvalue weighted by molar-refractivity contribution is 0.0182. The quantitative estimate of drug-likeness (QED) is 0.673. The third-order valence-corrected chi connectivity index (χ3v) is 5.27. The number of piperidine rings is 1. The number of aliphatic hydroxyl groups is 1. The van der Waals surface area contributed by atoms with Crippen molar-refractivity contribution >= 4 is 0 Å². The molecular formula is C17H34N2O2. The molecule has 1 saturated carbocycles. The normalized spacial score (nSPS) is 33.6. The van der Waals surface area contributed by atoms with E-state index in [1.165, 1.54) is 51.5 Å². The summed E-state index contributed by atoms with van der Waals surface area (Å²) in [6.45, 7) is 4.38. The zero-order valence-corrected chi connectivity index (χ0v) is 13.9. The molecule has 2 rings (SSSR count). The summed E-state index contributed by atoms with van der Waals surface area (Å²) in [7, 11) is 1.69. The van der Waals surface area contributed by atoms with Gasteiger partial charge in [0, 0.05) is 38.8 Å². The van der Waals surface area contributed by atoms with Gasteiger partial charge in [-0.25, -0.2) is 0 Å². The van der Waals surface area contributed by atoms with Gasteiger partial charge in [0.1, 0.15) is 0 Å². The number of nitrogens with one attached hydrogen (secondary N) is 2. The van der Waals surface area contributed by atoms with Crippen molar-refractivity contribution in [2.24, 2.45) is 5.92 Å². The maximum atomic E-state index is 10.4. The van der Waals surface area contributed by atoms with E-state index in [0.717, 1.165) is 5.92 Å². The van der Waals surface area contributed by atoms with Crippen LogP contribution < -0.4 is 10.6 Å². The smallest absolute Gasteiger partial charge is 0.0765 e. The maximum Gasteiger partial charge on any atom is 0.0765 e. The van der Waals surface area contributed by atoms with E-state index < -0.39 is 5.60 Å². The molecule has 21 heavy (non-hydrogen) atoms. The van der Waals surface area contributed by atoms with Gasteiger partial charge in [0.2, 0.25) is 0 Å². The molecule has 3 N–H and O–H groups in total. The summed E-state index contributed by atoms with van der Waals surface area (Å²) in [5.74, 6) is 0.734. The van der Waals surface area contributed by atoms with E-state index in [1.807, 2.05) is 6.92 Å². The number of rotatable bonds is 7. The minimum Gasteiger partial charge on any atom is -0.389 e. The number of ether oxygens (including phenoxy) is 1. The molecule has 124 valence electrons. The Morgan fingerprint density at radius 1 is 1.19 bits per heavy atom. The zero-order chi connectivity index (χ0) is 15.1. The lowest BCUT2D eigenvalue weighted by atomic mass is 9.77. The molecule has 0 aromatic heterocycles. The van der Waals surface area contributed by atoms with Crippen LogP contribution in [0.3, 0.4) is 0 Å². The van der Waals surface area contributed by atoms with Crippen LogP contribution in [-0.4, -0.2) is 49.6 Å². The van der Waals surface area contributed by atoms with Crippen LogP contribution in [0.25, 0.3) is 0 Å². The molecule has 2 fully saturated rings. The first-order valence-electron chi connectivity index (χ1n) is 8.80. The Morgan fingerprint density at radius 2 is 1.95 bits per heavy atom. The molecule has 4 atom stereocenters. The Morgan fingerprint density at radius 3 is 2.67 bits per heavy atom. The minimum absolute atomic E-state index is 0.559. The SMILES string of the molecule is COCCC(C)(O)CNC1CCCCC1C1CCCCN1. The Kier molecular flexibility index (Phi) is 6.93. The highest BCUT2D eigenvalue weighted by atomic mass is 16.5. The van der Waals surface area contributed by atoms with E-state index in [-0.39, 0.29) is 0 Å². The molecule has 1 aliphatic carbocycles. The molecule has 0 aromatic rings. The van der Waals surface area contributed by atoms with Crippen molar-refractivity contribution in [2.45, 2.75) is 76.0 Å². The minimum atomic E-state index is -0.669. The average molecular weight is 298 g/mol. The van der Waals surface area contributed by atoms with Crippen LogP contribution in [0.1, 0.15) is 58.3 Å². The van der Waals surface area contributed by atoms with Crippen molar-refractivity contribution in [1.82, 2.24) is 10.6 Å². The van der Waals surface area contributed by atoms with Gasteiger partial charge in [-0.2, -0.15) is 0 Å². The second-order valence-electron chi connectivity index (χ2n) is 7.23. The highest BCUT2D eigenvalue weighted by molar-refractivity contribution is 4.92. The van der Waals surface area contributed by atoms with Gasteiger partial charge in [0.05, 0.1) is 5.60 Å². The molecule has 1 heterocycles. The predicted molar refractivity (Wildman–Crippen MR) is 86.5 cm³/mol. The summed E-state index contributed by atoms with van der Waals surface area (Å²) in [5.41, 5.74) is -0.669. The average Bonchev–Trinajstić information content (AvgIpc) is 2.52. The van der Waals surface area contributed by atoms with Crippen LogP contribution >= 0.6 is 0 Å². The molecule has 0 amide bonds. The number of hydrogen-bond acceptors (Lipinski definition) is 4. The van der Waals surface area contributed by atoms with E-state index in [4.69, 9.17) is 4.74 Å². The van der Waals surface area contributed by atoms with Gasteiger partial charge in [0.15, 0.2) is 0 Å². The van der Waals surface area contributed by atoms with Crippen LogP contribution in [0.15, 0.2) is 0 Å². The van der Waals surface area contributed by atoms with Crippen LogP contribution in [0.2, 0.25) is 0 Å². The van der Waals surface area contributed by atoms with Crippen LogP contribution in [-0.2, 0) is 4.74 Å². The van der Waals surface area contributed by atoms with Crippen molar-refractivity contribution in [1.29, 1.82) is 0 Å². The number of hydrogen-bond donors (Lipinski definition) is 3. The van der Waals surface area contributed by atoms with Crippen molar-refractivity contribution in [3.63, 3.8) is 0 Å². The van der Waals surface area contributed by atoms with Crippen molar-refractivity contribution in [3.8, 4) is 0 Å². The molecular weight excluding hydrogens is 264 g/mol. The molecule has 1 aliphatic heterocycles. The van der Waals surface area contributed by atoms with Crippen molar-refractivity contribution in [2.75, 3.05) is 26.8 Å². The third kappa shape index (κ3) is 5.51. The van der Waals surface area contributed by atoms with Gasteiger partial charge < -0.3 is 20.5 Å². The fraction of sp³-hybridized carbons (Fsp3) is 1.00. The van der Waals surface area contributed by atoms with E-state index in [2.05, 4.69) is 10.6 Å². The van der Waals surface area contributed by atoms with Crippen molar-refractivity contribution in [3.05, 3.63) is 0 Å². The lowest BCUT2D eigenvalue weighted by Crippen LogP contribution is -2.53. The van der Waals surface area contributed by atoms with E-state index in [1.54, 1.807) is 7.11 Å². The van der Waals surface area contributed by atoms with Crippen molar-refractivity contribution < 1.29 is 9.84 Å². The van der Waals surface area contributed by atoms with Gasteiger partial charge >= 0.3 is 0 Å². The molecule has 0 aromatic carbocycles. The highest BCUT2D eigenvalue weighted by Gasteiger charge is 2.33. The molecule has 4 heteroatoms. The lowest BCUT2D eigenvalue weighted by Gasteiger charge is -2.41.